The van der Waals surface area contributed by atoms with Crippen LogP contribution in [0.2, 0.25) is 0 Å². The molecule has 0 aliphatic carbocycles. The highest BCUT2D eigenvalue weighted by molar-refractivity contribution is 6.04. The molecule has 0 aromatic heterocycles. The largest absolute Gasteiger partial charge is 0.481 e. The van der Waals surface area contributed by atoms with E-state index in [2.05, 4.69) is 16.2 Å². The summed E-state index contributed by atoms with van der Waals surface area (Å²) >= 11 is 0. The number of carbonyl (C=O) groups excluding carboxylic acids is 3. The van der Waals surface area contributed by atoms with Crippen LogP contribution in [0.4, 0.5) is 5.69 Å². The number of benzene rings is 3. The van der Waals surface area contributed by atoms with Crippen LogP contribution in [0.3, 0.4) is 0 Å². The molecule has 1 unspecified atom stereocenters. The highest BCUT2D eigenvalue weighted by atomic mass is 16.5. The maximum absolute atomic E-state index is 12.4. The molecule has 0 radical (unpaired) electrons. The van der Waals surface area contributed by atoms with Gasteiger partial charge in [-0.2, -0.15) is 0 Å². The van der Waals surface area contributed by atoms with E-state index >= 15 is 0 Å². The first-order chi connectivity index (χ1) is 15.9. The van der Waals surface area contributed by atoms with Gasteiger partial charge >= 0.3 is 0 Å². The maximum Gasteiger partial charge on any atom is 0.279 e. The number of hydrazine groups is 1. The van der Waals surface area contributed by atoms with Crippen LogP contribution in [0.1, 0.15) is 45.2 Å². The average molecular weight is 446 g/mol. The molecular weight excluding hydrogens is 418 g/mol. The number of nitrogens with one attached hydrogen (secondary N) is 3. The smallest absolute Gasteiger partial charge is 0.279 e. The molecule has 3 aromatic carbocycles. The Labute approximate surface area is 193 Å². The number of hydrogen-bond acceptors (Lipinski definition) is 4. The van der Waals surface area contributed by atoms with Crippen LogP contribution in [-0.4, -0.2) is 23.8 Å². The van der Waals surface area contributed by atoms with Crippen molar-refractivity contribution in [2.75, 3.05) is 5.32 Å². The molecule has 1 atom stereocenters. The van der Waals surface area contributed by atoms with Crippen molar-refractivity contribution in [3.05, 3.63) is 95.1 Å². The molecule has 3 N–H and O–H groups in total. The van der Waals surface area contributed by atoms with Gasteiger partial charge in [0.25, 0.3) is 17.7 Å². The maximum atomic E-state index is 12.4. The Morgan fingerprint density at radius 3 is 2.09 bits per heavy atom. The molecule has 0 aliphatic rings. The highest BCUT2D eigenvalue weighted by Gasteiger charge is 2.19. The first-order valence-corrected chi connectivity index (χ1v) is 10.7. The number of amides is 3. The molecule has 0 saturated carbocycles. The van der Waals surface area contributed by atoms with Gasteiger partial charge in [-0.1, -0.05) is 36.8 Å². The van der Waals surface area contributed by atoms with Crippen LogP contribution in [-0.2, 0) is 4.79 Å². The van der Waals surface area contributed by atoms with Crippen molar-refractivity contribution in [3.8, 4) is 5.75 Å². The highest BCUT2D eigenvalue weighted by Crippen LogP contribution is 2.16. The minimum atomic E-state index is -0.744. The van der Waals surface area contributed by atoms with Crippen molar-refractivity contribution in [1.29, 1.82) is 0 Å². The van der Waals surface area contributed by atoms with Gasteiger partial charge in [0.05, 0.1) is 0 Å². The van der Waals surface area contributed by atoms with E-state index in [9.17, 15) is 14.4 Å². The molecule has 33 heavy (non-hydrogen) atoms. The molecule has 0 saturated heterocycles. The van der Waals surface area contributed by atoms with Crippen molar-refractivity contribution >= 4 is 23.4 Å². The number of ether oxygens (including phenoxy) is 1. The van der Waals surface area contributed by atoms with Gasteiger partial charge in [0.15, 0.2) is 6.10 Å². The van der Waals surface area contributed by atoms with Gasteiger partial charge in [0.1, 0.15) is 5.75 Å². The second-order valence-corrected chi connectivity index (χ2v) is 7.68. The predicted molar refractivity (Wildman–Crippen MR) is 127 cm³/mol. The summed E-state index contributed by atoms with van der Waals surface area (Å²) in [5.74, 6) is -0.575. The Kier molecular flexibility index (Phi) is 7.81. The summed E-state index contributed by atoms with van der Waals surface area (Å²) in [5.41, 5.74) is 8.26. The lowest BCUT2D eigenvalue weighted by molar-refractivity contribution is -0.128. The molecule has 170 valence electrons. The fourth-order valence-corrected chi connectivity index (χ4v) is 3.14. The molecule has 3 aromatic rings. The molecular formula is C26H27N3O4. The third kappa shape index (κ3) is 6.67. The predicted octanol–water partition coefficient (Wildman–Crippen LogP) is 4.17. The summed E-state index contributed by atoms with van der Waals surface area (Å²) in [6, 6.07) is 21.1. The second kappa shape index (κ2) is 10.9. The van der Waals surface area contributed by atoms with Crippen LogP contribution in [0.25, 0.3) is 0 Å². The van der Waals surface area contributed by atoms with E-state index in [0.717, 1.165) is 11.1 Å². The Hall–Kier alpha value is -4.13. The Balaban J connectivity index is 1.53. The van der Waals surface area contributed by atoms with E-state index in [4.69, 9.17) is 4.74 Å². The molecule has 0 heterocycles. The summed E-state index contributed by atoms with van der Waals surface area (Å²) in [4.78, 5) is 37.2. The normalized spacial score (nSPS) is 11.2. The van der Waals surface area contributed by atoms with Gasteiger partial charge in [-0.25, -0.2) is 0 Å². The minimum Gasteiger partial charge on any atom is -0.481 e. The fraction of sp³-hybridized carbons (Fsp3) is 0.192. The van der Waals surface area contributed by atoms with E-state index in [1.54, 1.807) is 42.5 Å². The summed E-state index contributed by atoms with van der Waals surface area (Å²) in [5, 5.41) is 2.79. The van der Waals surface area contributed by atoms with Gasteiger partial charge in [-0.3, -0.25) is 25.2 Å². The lowest BCUT2D eigenvalue weighted by Crippen LogP contribution is -2.47. The van der Waals surface area contributed by atoms with Crippen molar-refractivity contribution < 1.29 is 19.1 Å². The fourth-order valence-electron chi connectivity index (χ4n) is 3.14. The third-order valence-corrected chi connectivity index (χ3v) is 4.92. The Morgan fingerprint density at radius 1 is 0.788 bits per heavy atom. The van der Waals surface area contributed by atoms with Crippen LogP contribution in [0, 0.1) is 13.8 Å². The molecule has 0 spiro atoms. The van der Waals surface area contributed by atoms with Gasteiger partial charge in [0.2, 0.25) is 0 Å². The van der Waals surface area contributed by atoms with E-state index in [0.29, 0.717) is 29.0 Å². The summed E-state index contributed by atoms with van der Waals surface area (Å²) in [7, 11) is 0. The van der Waals surface area contributed by atoms with Crippen molar-refractivity contribution in [1.82, 2.24) is 10.9 Å². The summed E-state index contributed by atoms with van der Waals surface area (Å²) in [6.07, 6.45) is -0.309. The van der Waals surface area contributed by atoms with E-state index in [1.807, 2.05) is 51.1 Å². The SMILES string of the molecule is CCC(Oc1cccc(C)c1)C(=O)NNC(=O)c1ccc(NC(=O)c2cccc(C)c2)cc1. The van der Waals surface area contributed by atoms with E-state index in [1.165, 1.54) is 0 Å². The molecule has 0 aliphatic heterocycles. The molecule has 7 nitrogen and oxygen atoms in total. The van der Waals surface area contributed by atoms with Gasteiger partial charge in [0, 0.05) is 16.8 Å². The minimum absolute atomic E-state index is 0.234. The average Bonchev–Trinajstić information content (AvgIpc) is 2.81. The number of hydrogen-bond donors (Lipinski definition) is 3. The molecule has 7 heteroatoms. The second-order valence-electron chi connectivity index (χ2n) is 7.68. The lowest BCUT2D eigenvalue weighted by atomic mass is 10.1. The number of carbonyl (C=O) groups is 3. The summed E-state index contributed by atoms with van der Waals surface area (Å²) in [6.45, 7) is 5.68. The molecule has 0 fully saturated rings. The van der Waals surface area contributed by atoms with E-state index < -0.39 is 17.9 Å². The number of aryl methyl sites for hydroxylation is 2. The molecule has 3 rings (SSSR count). The number of anilines is 1. The van der Waals surface area contributed by atoms with Crippen molar-refractivity contribution in [3.63, 3.8) is 0 Å². The van der Waals surface area contributed by atoms with Crippen LogP contribution < -0.4 is 20.9 Å². The topological polar surface area (TPSA) is 96.5 Å². The van der Waals surface area contributed by atoms with Crippen molar-refractivity contribution in [2.24, 2.45) is 0 Å². The standard InChI is InChI=1S/C26H27N3O4/c1-4-23(33-22-10-6-8-18(3)16-22)26(32)29-28-25(31)19-11-13-21(14-12-19)27-24(30)20-9-5-7-17(2)15-20/h5-16,23H,4H2,1-3H3,(H,27,30)(H,28,31)(H,29,32). The molecule has 3 amide bonds. The zero-order chi connectivity index (χ0) is 23.8. The van der Waals surface area contributed by atoms with Crippen LogP contribution in [0.5, 0.6) is 5.75 Å². The lowest BCUT2D eigenvalue weighted by Gasteiger charge is -2.18. The zero-order valence-electron chi connectivity index (χ0n) is 18.8. The number of rotatable bonds is 7. The van der Waals surface area contributed by atoms with E-state index in [-0.39, 0.29) is 5.91 Å². The van der Waals surface area contributed by atoms with Crippen molar-refractivity contribution in [2.45, 2.75) is 33.3 Å². The first-order valence-electron chi connectivity index (χ1n) is 10.7. The van der Waals surface area contributed by atoms with Gasteiger partial charge in [-0.15, -0.1) is 0 Å². The Morgan fingerprint density at radius 2 is 1.45 bits per heavy atom. The van der Waals surface area contributed by atoms with Crippen LogP contribution >= 0.6 is 0 Å². The zero-order valence-corrected chi connectivity index (χ0v) is 18.8. The van der Waals surface area contributed by atoms with Gasteiger partial charge in [-0.05, 0) is 74.4 Å². The van der Waals surface area contributed by atoms with Crippen LogP contribution in [0.15, 0.2) is 72.8 Å². The monoisotopic (exact) mass is 445 g/mol. The first kappa shape index (κ1) is 23.5. The quantitative estimate of drug-likeness (QED) is 0.476. The third-order valence-electron chi connectivity index (χ3n) is 4.92. The summed E-state index contributed by atoms with van der Waals surface area (Å²) < 4.78 is 5.74. The Bertz CT molecular complexity index is 1140. The molecule has 0 bridgehead atoms. The van der Waals surface area contributed by atoms with Gasteiger partial charge < -0.3 is 10.1 Å².